The molecule has 0 fully saturated rings. The molecule has 0 aliphatic heterocycles. The van der Waals surface area contributed by atoms with Gasteiger partial charge in [-0.05, 0) is 46.9 Å². The molecule has 0 aliphatic carbocycles. The highest BCUT2D eigenvalue weighted by Gasteiger charge is 2.08. The van der Waals surface area contributed by atoms with Crippen molar-refractivity contribution in [2.75, 3.05) is 0 Å². The highest BCUT2D eigenvalue weighted by molar-refractivity contribution is 9.08. The van der Waals surface area contributed by atoms with Crippen LogP contribution in [-0.4, -0.2) is 0 Å². The Balaban J connectivity index is 2.82. The van der Waals surface area contributed by atoms with Gasteiger partial charge in [0.05, 0.1) is 0 Å². The zero-order chi connectivity index (χ0) is 10.1. The van der Waals surface area contributed by atoms with E-state index in [0.29, 0.717) is 0 Å². The van der Waals surface area contributed by atoms with Crippen molar-refractivity contribution in [3.63, 3.8) is 0 Å². The summed E-state index contributed by atoms with van der Waals surface area (Å²) in [5.74, 6) is 0. The van der Waals surface area contributed by atoms with Crippen LogP contribution in [0.2, 0.25) is 0 Å². The van der Waals surface area contributed by atoms with E-state index in [4.69, 9.17) is 0 Å². The van der Waals surface area contributed by atoms with Gasteiger partial charge in [0.15, 0.2) is 0 Å². The predicted octanol–water partition coefficient (Wildman–Crippen LogP) is 4.67. The summed E-state index contributed by atoms with van der Waals surface area (Å²) < 4.78 is 1.46. The van der Waals surface area contributed by atoms with Crippen LogP contribution in [0.15, 0.2) is 17.5 Å². The van der Waals surface area contributed by atoms with Gasteiger partial charge in [-0.3, -0.25) is 0 Å². The molecule has 14 heavy (non-hydrogen) atoms. The molecular weight excluding hydrogens is 256 g/mol. The van der Waals surface area contributed by atoms with Crippen LogP contribution in [0, 0.1) is 6.92 Å². The van der Waals surface area contributed by atoms with E-state index in [1.54, 1.807) is 0 Å². The van der Waals surface area contributed by atoms with Crippen LogP contribution in [0.5, 0.6) is 0 Å². The lowest BCUT2D eigenvalue weighted by Crippen LogP contribution is -1.91. The highest BCUT2D eigenvalue weighted by atomic mass is 79.9. The number of benzene rings is 1. The van der Waals surface area contributed by atoms with Crippen LogP contribution in [0.25, 0.3) is 10.1 Å². The first-order valence-corrected chi connectivity index (χ1v) is 6.82. The van der Waals surface area contributed by atoms with E-state index in [1.165, 1.54) is 26.8 Å². The summed E-state index contributed by atoms with van der Waals surface area (Å²) >= 11 is 5.44. The van der Waals surface area contributed by atoms with Crippen molar-refractivity contribution in [1.82, 2.24) is 0 Å². The molecule has 1 aromatic heterocycles. The van der Waals surface area contributed by atoms with Gasteiger partial charge in [-0.15, -0.1) is 11.3 Å². The van der Waals surface area contributed by atoms with E-state index in [1.807, 2.05) is 11.3 Å². The number of alkyl halides is 1. The fraction of sp³-hybridized carbons (Fsp3) is 0.333. The Morgan fingerprint density at radius 1 is 1.43 bits per heavy atom. The van der Waals surface area contributed by atoms with E-state index in [9.17, 15) is 0 Å². The molecule has 0 saturated heterocycles. The van der Waals surface area contributed by atoms with E-state index in [0.717, 1.165) is 11.8 Å². The van der Waals surface area contributed by atoms with Crippen molar-refractivity contribution < 1.29 is 0 Å². The van der Waals surface area contributed by atoms with E-state index in [2.05, 4.69) is 47.3 Å². The molecule has 0 unspecified atom stereocenters. The minimum atomic E-state index is 0.966. The lowest BCUT2D eigenvalue weighted by atomic mass is 10.0. The molecule has 0 aliphatic rings. The largest absolute Gasteiger partial charge is 0.143 e. The Hall–Kier alpha value is -0.340. The molecule has 0 nitrogen and oxygen atoms in total. The summed E-state index contributed by atoms with van der Waals surface area (Å²) in [5.41, 5.74) is 4.36. The Morgan fingerprint density at radius 3 is 2.86 bits per heavy atom. The topological polar surface area (TPSA) is 0 Å². The van der Waals surface area contributed by atoms with Gasteiger partial charge >= 0.3 is 0 Å². The molecular formula is C12H13BrS. The van der Waals surface area contributed by atoms with E-state index < -0.39 is 0 Å². The minimum absolute atomic E-state index is 0.966. The Labute approximate surface area is 97.1 Å². The third-order valence-electron chi connectivity index (χ3n) is 2.66. The van der Waals surface area contributed by atoms with Crippen molar-refractivity contribution in [3.05, 3.63) is 34.2 Å². The molecule has 0 bridgehead atoms. The highest BCUT2D eigenvalue weighted by Crippen LogP contribution is 2.32. The van der Waals surface area contributed by atoms with Crippen molar-refractivity contribution >= 4 is 37.4 Å². The smallest absolute Gasteiger partial charge is 0.0388 e. The molecule has 2 heteroatoms. The number of fused-ring (bicyclic) bond motifs is 1. The van der Waals surface area contributed by atoms with Crippen LogP contribution in [0.3, 0.4) is 0 Å². The van der Waals surface area contributed by atoms with Gasteiger partial charge in [-0.1, -0.05) is 28.9 Å². The number of hydrogen-bond donors (Lipinski definition) is 0. The average Bonchev–Trinajstić information content (AvgIpc) is 2.66. The molecule has 0 spiro atoms. The van der Waals surface area contributed by atoms with Gasteiger partial charge in [0.2, 0.25) is 0 Å². The van der Waals surface area contributed by atoms with Crippen molar-refractivity contribution in [3.8, 4) is 0 Å². The molecule has 0 atom stereocenters. The third-order valence-corrected chi connectivity index (χ3v) is 4.19. The second-order valence-electron chi connectivity index (χ2n) is 3.48. The number of halogens is 1. The Kier molecular flexibility index (Phi) is 2.93. The monoisotopic (exact) mass is 268 g/mol. The summed E-state index contributed by atoms with van der Waals surface area (Å²) in [6, 6.07) is 4.55. The summed E-state index contributed by atoms with van der Waals surface area (Å²) in [6.07, 6.45) is 1.12. The maximum Gasteiger partial charge on any atom is 0.0388 e. The van der Waals surface area contributed by atoms with Crippen LogP contribution in [0.4, 0.5) is 0 Å². The van der Waals surface area contributed by atoms with Crippen LogP contribution < -0.4 is 0 Å². The number of rotatable bonds is 2. The summed E-state index contributed by atoms with van der Waals surface area (Å²) in [6.45, 7) is 4.42. The normalized spacial score (nSPS) is 11.1. The molecule has 1 aromatic carbocycles. The summed E-state index contributed by atoms with van der Waals surface area (Å²) in [7, 11) is 0. The SMILES string of the molecule is CCc1cc(C)c2ccsc2c1CBr. The number of hydrogen-bond acceptors (Lipinski definition) is 1. The molecule has 1 heterocycles. The summed E-state index contributed by atoms with van der Waals surface area (Å²) in [5, 5.41) is 4.57. The fourth-order valence-electron chi connectivity index (χ4n) is 1.89. The second-order valence-corrected chi connectivity index (χ2v) is 4.96. The van der Waals surface area contributed by atoms with E-state index >= 15 is 0 Å². The van der Waals surface area contributed by atoms with Crippen molar-refractivity contribution in [2.45, 2.75) is 25.6 Å². The maximum absolute atomic E-state index is 3.59. The Morgan fingerprint density at radius 2 is 2.21 bits per heavy atom. The number of aryl methyl sites for hydroxylation is 2. The Bertz CT molecular complexity index is 457. The standard InChI is InChI=1S/C12H13BrS/c1-3-9-6-8(2)10-4-5-14-12(10)11(9)7-13/h4-6H,3,7H2,1-2H3. The molecule has 74 valence electrons. The summed E-state index contributed by atoms with van der Waals surface area (Å²) in [4.78, 5) is 0. The molecule has 2 aromatic rings. The zero-order valence-electron chi connectivity index (χ0n) is 8.43. The quantitative estimate of drug-likeness (QED) is 0.695. The molecule has 0 saturated carbocycles. The van der Waals surface area contributed by atoms with Crippen LogP contribution in [-0.2, 0) is 11.8 Å². The van der Waals surface area contributed by atoms with Gasteiger partial charge in [0, 0.05) is 10.0 Å². The molecule has 0 amide bonds. The predicted molar refractivity (Wildman–Crippen MR) is 68.6 cm³/mol. The van der Waals surface area contributed by atoms with Crippen molar-refractivity contribution in [1.29, 1.82) is 0 Å². The lowest BCUT2D eigenvalue weighted by molar-refractivity contribution is 1.11. The van der Waals surface area contributed by atoms with Gasteiger partial charge < -0.3 is 0 Å². The maximum atomic E-state index is 3.59. The van der Waals surface area contributed by atoms with Gasteiger partial charge in [0.1, 0.15) is 0 Å². The van der Waals surface area contributed by atoms with Gasteiger partial charge in [-0.2, -0.15) is 0 Å². The van der Waals surface area contributed by atoms with Crippen molar-refractivity contribution in [2.24, 2.45) is 0 Å². The van der Waals surface area contributed by atoms with Gasteiger partial charge in [-0.25, -0.2) is 0 Å². The second kappa shape index (κ2) is 4.03. The third kappa shape index (κ3) is 1.51. The lowest BCUT2D eigenvalue weighted by Gasteiger charge is -2.08. The minimum Gasteiger partial charge on any atom is -0.143 e. The van der Waals surface area contributed by atoms with Crippen LogP contribution in [0.1, 0.15) is 23.6 Å². The molecule has 0 radical (unpaired) electrons. The first kappa shape index (κ1) is 10.2. The van der Waals surface area contributed by atoms with Gasteiger partial charge in [0.25, 0.3) is 0 Å². The fourth-order valence-corrected chi connectivity index (χ4v) is 3.76. The zero-order valence-corrected chi connectivity index (χ0v) is 10.8. The molecule has 2 rings (SSSR count). The van der Waals surface area contributed by atoms with Crippen LogP contribution >= 0.6 is 27.3 Å². The first-order valence-electron chi connectivity index (χ1n) is 4.82. The molecule has 0 N–H and O–H groups in total. The number of thiophene rings is 1. The average molecular weight is 269 g/mol. The first-order chi connectivity index (χ1) is 6.77. The van der Waals surface area contributed by atoms with E-state index in [-0.39, 0.29) is 0 Å².